The van der Waals surface area contributed by atoms with Gasteiger partial charge in [-0.05, 0) is 55.5 Å². The highest BCUT2D eigenvalue weighted by molar-refractivity contribution is 7.92. The Balaban J connectivity index is 1.67. The van der Waals surface area contributed by atoms with Crippen LogP contribution in [-0.4, -0.2) is 33.8 Å². The van der Waals surface area contributed by atoms with Crippen LogP contribution in [0.5, 0.6) is 11.5 Å². The summed E-state index contributed by atoms with van der Waals surface area (Å²) in [6.07, 6.45) is 0. The fourth-order valence-electron chi connectivity index (χ4n) is 2.83. The number of hydrogen-bond acceptors (Lipinski definition) is 6. The van der Waals surface area contributed by atoms with E-state index in [1.165, 1.54) is 44.4 Å². The van der Waals surface area contributed by atoms with Crippen LogP contribution in [0.2, 0.25) is 5.02 Å². The van der Waals surface area contributed by atoms with Crippen LogP contribution in [-0.2, 0) is 14.8 Å². The molecule has 0 saturated carbocycles. The lowest BCUT2D eigenvalue weighted by molar-refractivity contribution is -0.118. The van der Waals surface area contributed by atoms with Gasteiger partial charge in [-0.1, -0.05) is 29.8 Å². The molecule has 8 nitrogen and oxygen atoms in total. The molecule has 3 aromatic carbocycles. The number of halogens is 1. The first-order chi connectivity index (χ1) is 15.7. The number of hydrogen-bond donors (Lipinski definition) is 2. The predicted octanol–water partition coefficient (Wildman–Crippen LogP) is 4.37. The van der Waals surface area contributed by atoms with E-state index in [1.807, 2.05) is 0 Å². The van der Waals surface area contributed by atoms with Crippen molar-refractivity contribution in [2.45, 2.75) is 11.8 Å². The minimum Gasteiger partial charge on any atom is -0.493 e. The Bertz CT molecular complexity index is 1290. The number of carbonyl (C=O) groups excluding carboxylic acids is 2. The number of para-hydroxylation sites is 1. The lowest BCUT2D eigenvalue weighted by Gasteiger charge is -2.13. The van der Waals surface area contributed by atoms with Gasteiger partial charge in [0.25, 0.3) is 15.9 Å². The Morgan fingerprint density at radius 2 is 1.73 bits per heavy atom. The van der Waals surface area contributed by atoms with Gasteiger partial charge < -0.3 is 14.8 Å². The topological polar surface area (TPSA) is 111 Å². The van der Waals surface area contributed by atoms with Crippen LogP contribution in [0.25, 0.3) is 0 Å². The van der Waals surface area contributed by atoms with Crippen molar-refractivity contribution >= 4 is 44.7 Å². The summed E-state index contributed by atoms with van der Waals surface area (Å²) in [5, 5.41) is 2.85. The zero-order chi connectivity index (χ0) is 24.0. The molecule has 0 aliphatic heterocycles. The summed E-state index contributed by atoms with van der Waals surface area (Å²) < 4.78 is 38.5. The van der Waals surface area contributed by atoms with Gasteiger partial charge in [0.05, 0.1) is 22.7 Å². The fourth-order valence-corrected chi connectivity index (χ4v) is 4.20. The molecule has 3 rings (SSSR count). The summed E-state index contributed by atoms with van der Waals surface area (Å²) in [5.74, 6) is -0.0371. The quantitative estimate of drug-likeness (QED) is 0.433. The predicted molar refractivity (Wildman–Crippen MR) is 126 cm³/mol. The first-order valence-electron chi connectivity index (χ1n) is 9.68. The number of rotatable bonds is 9. The molecule has 0 spiro atoms. The molecule has 0 fully saturated rings. The van der Waals surface area contributed by atoms with Gasteiger partial charge in [-0.25, -0.2) is 8.42 Å². The molecular formula is C23H21ClN2O6S. The minimum atomic E-state index is -3.93. The zero-order valence-corrected chi connectivity index (χ0v) is 19.4. The molecule has 0 aliphatic carbocycles. The second kappa shape index (κ2) is 10.4. The molecule has 2 N–H and O–H groups in total. The Hall–Kier alpha value is -3.56. The van der Waals surface area contributed by atoms with Gasteiger partial charge in [0, 0.05) is 11.3 Å². The third-order valence-corrected chi connectivity index (χ3v) is 6.17. The van der Waals surface area contributed by atoms with E-state index >= 15 is 0 Å². The van der Waals surface area contributed by atoms with Crippen molar-refractivity contribution < 1.29 is 27.5 Å². The van der Waals surface area contributed by atoms with E-state index in [-0.39, 0.29) is 39.4 Å². The number of anilines is 2. The lowest BCUT2D eigenvalue weighted by atomic mass is 10.1. The van der Waals surface area contributed by atoms with Gasteiger partial charge in [0.1, 0.15) is 0 Å². The normalized spacial score (nSPS) is 10.9. The second-order valence-electron chi connectivity index (χ2n) is 6.87. The van der Waals surface area contributed by atoms with Crippen molar-refractivity contribution in [2.75, 3.05) is 23.8 Å². The molecule has 0 aromatic heterocycles. The number of carbonyl (C=O) groups is 2. The summed E-state index contributed by atoms with van der Waals surface area (Å²) in [7, 11) is -2.51. The standard InChI is InChI=1S/C23H21ClN2O6S/c1-15(27)16-10-11-21(22(12-16)31-2)32-14-23(28)25-17-6-5-7-18(13-17)33(29,30)26-20-9-4-3-8-19(20)24/h3-13,26H,14H2,1-2H3,(H,25,28). The highest BCUT2D eigenvalue weighted by Gasteiger charge is 2.17. The molecule has 10 heteroatoms. The Labute approximate surface area is 196 Å². The van der Waals surface area contributed by atoms with Crippen molar-refractivity contribution in [1.82, 2.24) is 0 Å². The first kappa shape index (κ1) is 24.1. The zero-order valence-electron chi connectivity index (χ0n) is 17.8. The third kappa shape index (κ3) is 6.24. The number of methoxy groups -OCH3 is 1. The first-order valence-corrected chi connectivity index (χ1v) is 11.5. The van der Waals surface area contributed by atoms with Gasteiger partial charge in [0.15, 0.2) is 23.9 Å². The summed E-state index contributed by atoms with van der Waals surface area (Å²) >= 11 is 6.03. The Morgan fingerprint density at radius 3 is 2.42 bits per heavy atom. The Kier molecular flexibility index (Phi) is 7.57. The van der Waals surface area contributed by atoms with Crippen LogP contribution < -0.4 is 19.5 Å². The van der Waals surface area contributed by atoms with Crippen LogP contribution in [0.3, 0.4) is 0 Å². The third-order valence-electron chi connectivity index (χ3n) is 4.48. The highest BCUT2D eigenvalue weighted by Crippen LogP contribution is 2.28. The van der Waals surface area contributed by atoms with E-state index in [0.29, 0.717) is 11.3 Å². The fraction of sp³-hybridized carbons (Fsp3) is 0.130. The minimum absolute atomic E-state index is 0.0531. The maximum atomic E-state index is 12.7. The molecule has 0 radical (unpaired) electrons. The number of ketones is 1. The molecule has 0 atom stereocenters. The number of benzene rings is 3. The maximum absolute atomic E-state index is 12.7. The average molecular weight is 489 g/mol. The van der Waals surface area contributed by atoms with E-state index in [1.54, 1.807) is 36.4 Å². The number of Topliss-reactive ketones (excluding diaryl/α,β-unsaturated/α-hetero) is 1. The van der Waals surface area contributed by atoms with Crippen molar-refractivity contribution in [2.24, 2.45) is 0 Å². The van der Waals surface area contributed by atoms with Gasteiger partial charge in [0.2, 0.25) is 0 Å². The molecule has 0 aliphatic rings. The number of amides is 1. The van der Waals surface area contributed by atoms with Crippen molar-refractivity contribution in [3.63, 3.8) is 0 Å². The molecule has 1 amide bonds. The molecule has 172 valence electrons. The summed E-state index contributed by atoms with van der Waals surface area (Å²) in [4.78, 5) is 23.8. The van der Waals surface area contributed by atoms with Crippen molar-refractivity contribution in [3.8, 4) is 11.5 Å². The summed E-state index contributed by atoms with van der Waals surface area (Å²) in [6.45, 7) is 1.08. The van der Waals surface area contributed by atoms with Crippen LogP contribution in [0.1, 0.15) is 17.3 Å². The summed E-state index contributed by atoms with van der Waals surface area (Å²) in [5.41, 5.74) is 0.961. The van der Waals surface area contributed by atoms with Gasteiger partial charge in [-0.3, -0.25) is 14.3 Å². The van der Waals surface area contributed by atoms with Gasteiger partial charge in [-0.2, -0.15) is 0 Å². The molecule has 33 heavy (non-hydrogen) atoms. The summed E-state index contributed by atoms with van der Waals surface area (Å²) in [6, 6.07) is 16.8. The van der Waals surface area contributed by atoms with E-state index in [9.17, 15) is 18.0 Å². The van der Waals surface area contributed by atoms with E-state index in [4.69, 9.17) is 21.1 Å². The van der Waals surface area contributed by atoms with Crippen LogP contribution in [0.4, 0.5) is 11.4 Å². The monoisotopic (exact) mass is 488 g/mol. The Morgan fingerprint density at radius 1 is 0.970 bits per heavy atom. The average Bonchev–Trinajstić information content (AvgIpc) is 2.79. The second-order valence-corrected chi connectivity index (χ2v) is 8.96. The molecule has 0 heterocycles. The van der Waals surface area contributed by atoms with Crippen LogP contribution in [0.15, 0.2) is 71.6 Å². The van der Waals surface area contributed by atoms with Crippen molar-refractivity contribution in [3.05, 3.63) is 77.3 Å². The largest absolute Gasteiger partial charge is 0.493 e. The van der Waals surface area contributed by atoms with Crippen LogP contribution >= 0.6 is 11.6 Å². The number of nitrogens with one attached hydrogen (secondary N) is 2. The lowest BCUT2D eigenvalue weighted by Crippen LogP contribution is -2.21. The van der Waals surface area contributed by atoms with E-state index in [2.05, 4.69) is 10.0 Å². The van der Waals surface area contributed by atoms with Gasteiger partial charge >= 0.3 is 0 Å². The van der Waals surface area contributed by atoms with Crippen molar-refractivity contribution in [1.29, 1.82) is 0 Å². The maximum Gasteiger partial charge on any atom is 0.262 e. The molecular weight excluding hydrogens is 468 g/mol. The van der Waals surface area contributed by atoms with E-state index < -0.39 is 15.9 Å². The molecule has 0 bridgehead atoms. The highest BCUT2D eigenvalue weighted by atomic mass is 35.5. The van der Waals surface area contributed by atoms with Crippen LogP contribution in [0, 0.1) is 0 Å². The SMILES string of the molecule is COc1cc(C(C)=O)ccc1OCC(=O)Nc1cccc(S(=O)(=O)Nc2ccccc2Cl)c1. The smallest absolute Gasteiger partial charge is 0.262 e. The van der Waals surface area contributed by atoms with Gasteiger partial charge in [-0.15, -0.1) is 0 Å². The van der Waals surface area contributed by atoms with E-state index in [0.717, 1.165) is 0 Å². The number of sulfonamides is 1. The molecule has 0 unspecified atom stereocenters. The molecule has 3 aromatic rings. The molecule has 0 saturated heterocycles. The number of ether oxygens (including phenoxy) is 2.